The lowest BCUT2D eigenvalue weighted by Crippen LogP contribution is -2.24. The Bertz CT molecular complexity index is 464. The first kappa shape index (κ1) is 11.6. The summed E-state index contributed by atoms with van der Waals surface area (Å²) in [5, 5.41) is 10.5. The maximum absolute atomic E-state index is 11.5. The average Bonchev–Trinajstić information content (AvgIpc) is 2.54. The van der Waals surface area contributed by atoms with Gasteiger partial charge < -0.3 is 4.74 Å². The van der Waals surface area contributed by atoms with Gasteiger partial charge in [0.2, 0.25) is 0 Å². The van der Waals surface area contributed by atoms with Gasteiger partial charge in [-0.2, -0.15) is 0 Å². The number of ether oxygens (including phenoxy) is 1. The minimum Gasteiger partial charge on any atom is -0.465 e. The smallest absolute Gasteiger partial charge is 0.312 e. The number of hydrogen-bond acceptors (Lipinski definition) is 4. The van der Waals surface area contributed by atoms with Crippen molar-refractivity contribution in [3.63, 3.8) is 0 Å². The summed E-state index contributed by atoms with van der Waals surface area (Å²) in [6.07, 6.45) is 0. The van der Waals surface area contributed by atoms with Crippen LogP contribution in [-0.2, 0) is 9.53 Å². The Morgan fingerprint density at radius 2 is 1.94 bits per heavy atom. The van der Waals surface area contributed by atoms with E-state index >= 15 is 0 Å². The minimum absolute atomic E-state index is 0.0456. The van der Waals surface area contributed by atoms with Gasteiger partial charge in [-0.3, -0.25) is 14.9 Å². The predicted octanol–water partition coefficient (Wildman–Crippen LogP) is 2.26. The molecule has 17 heavy (non-hydrogen) atoms. The minimum atomic E-state index is -0.573. The Hall–Kier alpha value is -1.91. The summed E-state index contributed by atoms with van der Waals surface area (Å²) < 4.78 is 5.04. The fraction of sp³-hybridized carbons (Fsp3) is 0.417. The number of nitro benzene ring substituents is 1. The zero-order valence-electron chi connectivity index (χ0n) is 9.67. The van der Waals surface area contributed by atoms with Crippen molar-refractivity contribution in [1.82, 2.24) is 0 Å². The van der Waals surface area contributed by atoms with Gasteiger partial charge in [0.15, 0.2) is 0 Å². The van der Waals surface area contributed by atoms with Gasteiger partial charge >= 0.3 is 5.97 Å². The highest BCUT2D eigenvalue weighted by Gasteiger charge is 2.45. The topological polar surface area (TPSA) is 69.4 Å². The van der Waals surface area contributed by atoms with Gasteiger partial charge in [-0.05, 0) is 19.4 Å². The van der Waals surface area contributed by atoms with Crippen molar-refractivity contribution in [3.05, 3.63) is 39.9 Å². The maximum Gasteiger partial charge on any atom is 0.312 e. The number of hydrogen-bond donors (Lipinski definition) is 0. The van der Waals surface area contributed by atoms with Crippen LogP contribution in [0, 0.1) is 15.5 Å². The highest BCUT2D eigenvalue weighted by Crippen LogP contribution is 2.42. The predicted molar refractivity (Wildman–Crippen MR) is 60.6 cm³/mol. The average molecular weight is 235 g/mol. The molecule has 0 N–H and O–H groups in total. The number of rotatable bonds is 2. The van der Waals surface area contributed by atoms with E-state index in [0.29, 0.717) is 6.61 Å². The van der Waals surface area contributed by atoms with Crippen molar-refractivity contribution in [2.75, 3.05) is 6.61 Å². The molecule has 1 heterocycles. The van der Waals surface area contributed by atoms with Gasteiger partial charge in [0.05, 0.1) is 16.9 Å². The first-order chi connectivity index (χ1) is 7.93. The molecular formula is C12H13NO4. The highest BCUT2D eigenvalue weighted by atomic mass is 16.6. The van der Waals surface area contributed by atoms with E-state index in [0.717, 1.165) is 5.56 Å². The fourth-order valence-electron chi connectivity index (χ4n) is 2.04. The van der Waals surface area contributed by atoms with Gasteiger partial charge in [0, 0.05) is 18.1 Å². The monoisotopic (exact) mass is 235 g/mol. The standard InChI is InChI=1S/C12H13NO4/c1-12(2)10(7-17-11(12)14)8-3-5-9(6-4-8)13(15)16/h3-6,10H,7H2,1-2H3/t10-/m0/s1. The molecule has 0 amide bonds. The van der Waals surface area contributed by atoms with Gasteiger partial charge in [-0.1, -0.05) is 12.1 Å². The largest absolute Gasteiger partial charge is 0.465 e. The van der Waals surface area contributed by atoms with E-state index in [1.807, 2.05) is 13.8 Å². The van der Waals surface area contributed by atoms with Crippen LogP contribution in [0.3, 0.4) is 0 Å². The third-order valence-corrected chi connectivity index (χ3v) is 3.28. The van der Waals surface area contributed by atoms with E-state index in [4.69, 9.17) is 4.74 Å². The molecule has 0 aromatic heterocycles. The second-order valence-corrected chi connectivity index (χ2v) is 4.72. The maximum atomic E-state index is 11.5. The molecule has 0 aliphatic carbocycles. The van der Waals surface area contributed by atoms with E-state index in [1.165, 1.54) is 12.1 Å². The van der Waals surface area contributed by atoms with Gasteiger partial charge in [-0.15, -0.1) is 0 Å². The van der Waals surface area contributed by atoms with Crippen LogP contribution < -0.4 is 0 Å². The third kappa shape index (κ3) is 1.88. The molecule has 1 aliphatic heterocycles. The molecule has 90 valence electrons. The number of carbonyl (C=O) groups is 1. The van der Waals surface area contributed by atoms with Crippen LogP contribution in [0.25, 0.3) is 0 Å². The highest BCUT2D eigenvalue weighted by molar-refractivity contribution is 5.79. The van der Waals surface area contributed by atoms with Crippen molar-refractivity contribution in [2.24, 2.45) is 5.41 Å². The van der Waals surface area contributed by atoms with Crippen LogP contribution in [0.15, 0.2) is 24.3 Å². The molecule has 5 heteroatoms. The molecule has 0 spiro atoms. The molecule has 1 fully saturated rings. The van der Waals surface area contributed by atoms with Crippen LogP contribution in [-0.4, -0.2) is 17.5 Å². The Morgan fingerprint density at radius 3 is 2.35 bits per heavy atom. The van der Waals surface area contributed by atoms with Crippen LogP contribution in [0.2, 0.25) is 0 Å². The number of cyclic esters (lactones) is 1. The van der Waals surface area contributed by atoms with E-state index in [9.17, 15) is 14.9 Å². The first-order valence-corrected chi connectivity index (χ1v) is 5.34. The molecule has 0 saturated carbocycles. The van der Waals surface area contributed by atoms with Crippen molar-refractivity contribution < 1.29 is 14.5 Å². The van der Waals surface area contributed by atoms with Crippen LogP contribution in [0.4, 0.5) is 5.69 Å². The van der Waals surface area contributed by atoms with E-state index in [1.54, 1.807) is 12.1 Å². The number of carbonyl (C=O) groups excluding carboxylic acids is 1. The molecule has 0 unspecified atom stereocenters. The third-order valence-electron chi connectivity index (χ3n) is 3.28. The zero-order valence-corrected chi connectivity index (χ0v) is 9.67. The SMILES string of the molecule is CC1(C)C(=O)OC[C@H]1c1ccc([N+](=O)[O-])cc1. The number of nitro groups is 1. The molecular weight excluding hydrogens is 222 g/mol. The molecule has 1 saturated heterocycles. The summed E-state index contributed by atoms with van der Waals surface area (Å²) in [5.74, 6) is -0.267. The molecule has 0 bridgehead atoms. The molecule has 1 aliphatic rings. The van der Waals surface area contributed by atoms with E-state index in [-0.39, 0.29) is 17.6 Å². The summed E-state index contributed by atoms with van der Waals surface area (Å²) in [4.78, 5) is 21.6. The van der Waals surface area contributed by atoms with E-state index < -0.39 is 10.3 Å². The summed E-state index contributed by atoms with van der Waals surface area (Å²) in [5.41, 5.74) is 0.374. The molecule has 5 nitrogen and oxygen atoms in total. The summed E-state index contributed by atoms with van der Waals surface area (Å²) >= 11 is 0. The molecule has 0 radical (unpaired) electrons. The summed E-state index contributed by atoms with van der Waals surface area (Å²) in [6.45, 7) is 3.99. The molecule has 2 rings (SSSR count). The zero-order chi connectivity index (χ0) is 12.6. The second kappa shape index (κ2) is 3.84. The summed E-state index contributed by atoms with van der Waals surface area (Å²) in [7, 11) is 0. The summed E-state index contributed by atoms with van der Waals surface area (Å²) in [6, 6.07) is 6.28. The number of esters is 1. The van der Waals surface area contributed by atoms with Crippen LogP contribution >= 0.6 is 0 Å². The Morgan fingerprint density at radius 1 is 1.35 bits per heavy atom. The Balaban J connectivity index is 2.30. The first-order valence-electron chi connectivity index (χ1n) is 5.34. The Kier molecular flexibility index (Phi) is 2.61. The van der Waals surface area contributed by atoms with E-state index in [2.05, 4.69) is 0 Å². The molecule has 1 atom stereocenters. The van der Waals surface area contributed by atoms with Gasteiger partial charge in [0.1, 0.15) is 0 Å². The number of benzene rings is 1. The second-order valence-electron chi connectivity index (χ2n) is 4.72. The lowest BCUT2D eigenvalue weighted by molar-refractivity contribution is -0.384. The van der Waals surface area contributed by atoms with Crippen molar-refractivity contribution in [2.45, 2.75) is 19.8 Å². The quantitative estimate of drug-likeness (QED) is 0.448. The van der Waals surface area contributed by atoms with Gasteiger partial charge in [0.25, 0.3) is 5.69 Å². The van der Waals surface area contributed by atoms with Crippen molar-refractivity contribution in [3.8, 4) is 0 Å². The van der Waals surface area contributed by atoms with Crippen molar-refractivity contribution in [1.29, 1.82) is 0 Å². The Labute approximate surface area is 98.5 Å². The van der Waals surface area contributed by atoms with Gasteiger partial charge in [-0.25, -0.2) is 0 Å². The van der Waals surface area contributed by atoms with Crippen LogP contribution in [0.1, 0.15) is 25.3 Å². The normalized spacial score (nSPS) is 22.2. The molecule has 1 aromatic carbocycles. The fourth-order valence-corrected chi connectivity index (χ4v) is 2.04. The van der Waals surface area contributed by atoms with Crippen LogP contribution in [0.5, 0.6) is 0 Å². The van der Waals surface area contributed by atoms with Crippen molar-refractivity contribution >= 4 is 11.7 Å². The molecule has 1 aromatic rings. The lowest BCUT2D eigenvalue weighted by atomic mass is 9.77. The number of non-ortho nitro benzene ring substituents is 1. The lowest BCUT2D eigenvalue weighted by Gasteiger charge is -2.21. The number of nitrogens with zero attached hydrogens (tertiary/aromatic N) is 1.